The number of hydrogen-bond donors (Lipinski definition) is 0. The molecule has 0 aromatic carbocycles. The Morgan fingerprint density at radius 1 is 1.46 bits per heavy atom. The van der Waals surface area contributed by atoms with Crippen molar-refractivity contribution in [2.45, 2.75) is 13.0 Å². The van der Waals surface area contributed by atoms with Crippen LogP contribution in [0.25, 0.3) is 0 Å². The van der Waals surface area contributed by atoms with Crippen LogP contribution in [-0.2, 0) is 14.3 Å². The monoisotopic (exact) mass is 201 g/mol. The molecule has 1 aromatic rings. The van der Waals surface area contributed by atoms with Gasteiger partial charge in [-0.05, 0) is 19.1 Å². The number of nitrogens with zero attached hydrogens (tertiary/aromatic N) is 1. The minimum absolute atomic E-state index is 0.531. The van der Waals surface area contributed by atoms with Gasteiger partial charge in [-0.2, -0.15) is 8.42 Å². The van der Waals surface area contributed by atoms with Crippen molar-refractivity contribution in [3.63, 3.8) is 0 Å². The van der Waals surface area contributed by atoms with Crippen LogP contribution >= 0.6 is 0 Å². The van der Waals surface area contributed by atoms with Crippen molar-refractivity contribution < 1.29 is 12.6 Å². The molecule has 5 heteroatoms. The molecule has 72 valence electrons. The van der Waals surface area contributed by atoms with Gasteiger partial charge < -0.3 is 0 Å². The van der Waals surface area contributed by atoms with Crippen LogP contribution in [0.15, 0.2) is 24.4 Å². The van der Waals surface area contributed by atoms with Gasteiger partial charge >= 0.3 is 0 Å². The van der Waals surface area contributed by atoms with E-state index in [-0.39, 0.29) is 0 Å². The van der Waals surface area contributed by atoms with Crippen LogP contribution in [0.4, 0.5) is 0 Å². The van der Waals surface area contributed by atoms with Crippen LogP contribution in [0.3, 0.4) is 0 Å². The first-order chi connectivity index (χ1) is 5.99. The van der Waals surface area contributed by atoms with Crippen molar-refractivity contribution in [3.8, 4) is 0 Å². The molecule has 1 unspecified atom stereocenters. The summed E-state index contributed by atoms with van der Waals surface area (Å²) in [6, 6.07) is 5.26. The lowest BCUT2D eigenvalue weighted by molar-refractivity contribution is 0.232. The van der Waals surface area contributed by atoms with Gasteiger partial charge in [0.15, 0.2) is 0 Å². The van der Waals surface area contributed by atoms with Gasteiger partial charge in [-0.1, -0.05) is 6.07 Å². The van der Waals surface area contributed by atoms with Crippen LogP contribution < -0.4 is 0 Å². The Balaban J connectivity index is 2.76. The fourth-order valence-electron chi connectivity index (χ4n) is 0.928. The summed E-state index contributed by atoms with van der Waals surface area (Å²) in [6.07, 6.45) is 2.08. The van der Waals surface area contributed by atoms with Crippen molar-refractivity contribution in [1.29, 1.82) is 0 Å². The van der Waals surface area contributed by atoms with Gasteiger partial charge in [0.25, 0.3) is 10.1 Å². The SMILES string of the molecule is CC(OS(C)(=O)=O)c1ccccn1. The third-order valence-electron chi connectivity index (χ3n) is 1.42. The summed E-state index contributed by atoms with van der Waals surface area (Å²) in [4.78, 5) is 3.97. The lowest BCUT2D eigenvalue weighted by atomic mass is 10.2. The van der Waals surface area contributed by atoms with Gasteiger partial charge in [-0.3, -0.25) is 9.17 Å². The Hall–Kier alpha value is -0.940. The minimum Gasteiger partial charge on any atom is -0.261 e. The summed E-state index contributed by atoms with van der Waals surface area (Å²) < 4.78 is 26.3. The van der Waals surface area contributed by atoms with E-state index in [1.807, 2.05) is 0 Å². The van der Waals surface area contributed by atoms with E-state index in [1.54, 1.807) is 31.3 Å². The van der Waals surface area contributed by atoms with Crippen LogP contribution in [0.5, 0.6) is 0 Å². The van der Waals surface area contributed by atoms with Gasteiger partial charge in [0.2, 0.25) is 0 Å². The lowest BCUT2D eigenvalue weighted by Crippen LogP contribution is -2.08. The average molecular weight is 201 g/mol. The van der Waals surface area contributed by atoms with Gasteiger partial charge in [0.05, 0.1) is 11.9 Å². The second-order valence-corrected chi connectivity index (χ2v) is 4.30. The van der Waals surface area contributed by atoms with Gasteiger partial charge in [0, 0.05) is 6.20 Å². The summed E-state index contributed by atoms with van der Waals surface area (Å²) in [5.74, 6) is 0. The Bertz CT molecular complexity index is 360. The normalized spacial score (nSPS) is 14.0. The first-order valence-corrected chi connectivity index (χ1v) is 5.60. The molecule has 0 spiro atoms. The van der Waals surface area contributed by atoms with Gasteiger partial charge in [-0.15, -0.1) is 0 Å². The van der Waals surface area contributed by atoms with E-state index in [9.17, 15) is 8.42 Å². The van der Waals surface area contributed by atoms with Gasteiger partial charge in [-0.25, -0.2) is 0 Å². The molecule has 0 amide bonds. The number of aromatic nitrogens is 1. The molecule has 13 heavy (non-hydrogen) atoms. The molecule has 0 radical (unpaired) electrons. The first-order valence-electron chi connectivity index (χ1n) is 3.78. The summed E-state index contributed by atoms with van der Waals surface area (Å²) >= 11 is 0. The highest BCUT2D eigenvalue weighted by atomic mass is 32.2. The summed E-state index contributed by atoms with van der Waals surface area (Å²) in [6.45, 7) is 1.64. The van der Waals surface area contributed by atoms with Crippen LogP contribution in [0, 0.1) is 0 Å². The van der Waals surface area contributed by atoms with E-state index >= 15 is 0 Å². The number of pyridine rings is 1. The third kappa shape index (κ3) is 3.52. The molecule has 0 saturated carbocycles. The highest BCUT2D eigenvalue weighted by Crippen LogP contribution is 2.15. The fraction of sp³-hybridized carbons (Fsp3) is 0.375. The van der Waals surface area contributed by atoms with E-state index < -0.39 is 16.2 Å². The highest BCUT2D eigenvalue weighted by Gasteiger charge is 2.12. The number of hydrogen-bond acceptors (Lipinski definition) is 4. The van der Waals surface area contributed by atoms with E-state index in [2.05, 4.69) is 4.98 Å². The molecule has 1 aromatic heterocycles. The van der Waals surface area contributed by atoms with E-state index in [0.29, 0.717) is 5.69 Å². The molecule has 0 aliphatic heterocycles. The lowest BCUT2D eigenvalue weighted by Gasteiger charge is -2.09. The predicted molar refractivity (Wildman–Crippen MR) is 48.6 cm³/mol. The maximum atomic E-state index is 10.8. The van der Waals surface area contributed by atoms with Crippen molar-refractivity contribution in [2.75, 3.05) is 6.26 Å². The zero-order chi connectivity index (χ0) is 9.90. The molecule has 1 heterocycles. The Morgan fingerprint density at radius 2 is 2.15 bits per heavy atom. The Morgan fingerprint density at radius 3 is 2.62 bits per heavy atom. The maximum absolute atomic E-state index is 10.8. The van der Waals surface area contributed by atoms with Crippen molar-refractivity contribution in [2.24, 2.45) is 0 Å². The molecule has 4 nitrogen and oxygen atoms in total. The second-order valence-electron chi connectivity index (χ2n) is 2.70. The third-order valence-corrected chi connectivity index (χ3v) is 2.06. The molecule has 1 rings (SSSR count). The van der Waals surface area contributed by atoms with E-state index in [4.69, 9.17) is 4.18 Å². The summed E-state index contributed by atoms with van der Waals surface area (Å²) in [5, 5.41) is 0. The molecule has 0 bridgehead atoms. The maximum Gasteiger partial charge on any atom is 0.265 e. The minimum atomic E-state index is -3.41. The van der Waals surface area contributed by atoms with E-state index in [1.165, 1.54) is 0 Å². The van der Waals surface area contributed by atoms with Crippen LogP contribution in [-0.4, -0.2) is 19.7 Å². The average Bonchev–Trinajstić information content (AvgIpc) is 2.03. The zero-order valence-corrected chi connectivity index (χ0v) is 8.28. The number of rotatable bonds is 3. The predicted octanol–water partition coefficient (Wildman–Crippen LogP) is 1.12. The zero-order valence-electron chi connectivity index (χ0n) is 7.47. The van der Waals surface area contributed by atoms with Crippen molar-refractivity contribution >= 4 is 10.1 Å². The second kappa shape index (κ2) is 3.85. The standard InChI is InChI=1S/C8H11NO3S/c1-7(12-13(2,10)11)8-5-3-4-6-9-8/h3-7H,1-2H3. The van der Waals surface area contributed by atoms with Crippen LogP contribution in [0.2, 0.25) is 0 Å². The van der Waals surface area contributed by atoms with Gasteiger partial charge in [0.1, 0.15) is 6.10 Å². The summed E-state index contributed by atoms with van der Waals surface area (Å²) in [5.41, 5.74) is 0.605. The molecule has 0 fully saturated rings. The smallest absolute Gasteiger partial charge is 0.261 e. The molecular weight excluding hydrogens is 190 g/mol. The van der Waals surface area contributed by atoms with Crippen LogP contribution in [0.1, 0.15) is 18.7 Å². The molecule has 0 aliphatic rings. The topological polar surface area (TPSA) is 56.3 Å². The molecule has 0 N–H and O–H groups in total. The molecule has 1 atom stereocenters. The summed E-state index contributed by atoms with van der Waals surface area (Å²) in [7, 11) is -3.41. The Labute approximate surface area is 77.7 Å². The first kappa shape index (κ1) is 10.1. The largest absolute Gasteiger partial charge is 0.265 e. The molecule has 0 saturated heterocycles. The fourth-order valence-corrected chi connectivity index (χ4v) is 1.55. The highest BCUT2D eigenvalue weighted by molar-refractivity contribution is 7.86. The van der Waals surface area contributed by atoms with Crippen molar-refractivity contribution in [1.82, 2.24) is 4.98 Å². The van der Waals surface area contributed by atoms with Crippen molar-refractivity contribution in [3.05, 3.63) is 30.1 Å². The molecular formula is C8H11NO3S. The van der Waals surface area contributed by atoms with E-state index in [0.717, 1.165) is 6.26 Å². The quantitative estimate of drug-likeness (QED) is 0.687. The molecule has 0 aliphatic carbocycles. The Kier molecular flexibility index (Phi) is 3.00.